The summed E-state index contributed by atoms with van der Waals surface area (Å²) in [6, 6.07) is 15.2. The smallest absolute Gasteiger partial charge is 0.261 e. The van der Waals surface area contributed by atoms with Crippen LogP contribution in [0.25, 0.3) is 0 Å². The fourth-order valence-corrected chi connectivity index (χ4v) is 4.60. The number of phenols is 1. The highest BCUT2D eigenvalue weighted by Gasteiger charge is 2.16. The van der Waals surface area contributed by atoms with Crippen molar-refractivity contribution in [3.8, 4) is 5.75 Å². The number of nitrogens with zero attached hydrogens (tertiary/aromatic N) is 1. The summed E-state index contributed by atoms with van der Waals surface area (Å²) in [5.41, 5.74) is 4.57. The maximum Gasteiger partial charge on any atom is 0.261 e. The molecule has 0 spiro atoms. The summed E-state index contributed by atoms with van der Waals surface area (Å²) in [6.45, 7) is 5.74. The zero-order chi connectivity index (χ0) is 21.2. The number of anilines is 1. The van der Waals surface area contributed by atoms with Crippen molar-refractivity contribution < 1.29 is 13.5 Å². The lowest BCUT2D eigenvalue weighted by Gasteiger charge is -2.14. The Morgan fingerprint density at radius 3 is 2.21 bits per heavy atom. The first-order chi connectivity index (χ1) is 13.7. The molecule has 0 aliphatic carbocycles. The van der Waals surface area contributed by atoms with E-state index < -0.39 is 10.0 Å². The van der Waals surface area contributed by atoms with Crippen LogP contribution < -0.4 is 4.72 Å². The second-order valence-electron chi connectivity index (χ2n) is 6.83. The van der Waals surface area contributed by atoms with Gasteiger partial charge in [0, 0.05) is 16.3 Å². The molecule has 29 heavy (non-hydrogen) atoms. The van der Waals surface area contributed by atoms with Crippen molar-refractivity contribution in [3.63, 3.8) is 0 Å². The van der Waals surface area contributed by atoms with Crippen LogP contribution in [-0.2, 0) is 10.0 Å². The minimum Gasteiger partial charge on any atom is -0.507 e. The van der Waals surface area contributed by atoms with Crippen molar-refractivity contribution in [3.05, 3.63) is 81.3 Å². The molecule has 0 unspecified atom stereocenters. The van der Waals surface area contributed by atoms with E-state index in [0.717, 1.165) is 21.2 Å². The predicted octanol–water partition coefficient (Wildman–Crippen LogP) is 5.63. The molecule has 0 bridgehead atoms. The largest absolute Gasteiger partial charge is 0.507 e. The van der Waals surface area contributed by atoms with E-state index in [2.05, 4.69) is 25.6 Å². The van der Waals surface area contributed by atoms with Crippen molar-refractivity contribution in [1.29, 1.82) is 0 Å². The molecule has 2 N–H and O–H groups in total. The van der Waals surface area contributed by atoms with Crippen LogP contribution in [0.3, 0.4) is 0 Å². The minimum absolute atomic E-state index is 0.115. The number of sulfonamides is 1. The highest BCUT2D eigenvalue weighted by atomic mass is 79.9. The molecule has 0 aromatic heterocycles. The Balaban J connectivity index is 1.82. The Hall–Kier alpha value is -2.64. The number of hydrogen-bond acceptors (Lipinski definition) is 4. The topological polar surface area (TPSA) is 78.8 Å². The van der Waals surface area contributed by atoms with Gasteiger partial charge in [-0.3, -0.25) is 9.71 Å². The standard InChI is InChI=1S/C22H21BrN2O3S/c1-14-10-15(2)22(16(3)11-14)25-29(27,28)20-7-5-19(6-8-20)24-13-17-12-18(23)4-9-21(17)26/h4-13,25-26H,1-3H3. The first kappa shape index (κ1) is 21.1. The molecule has 3 aromatic rings. The molecule has 7 heteroatoms. The van der Waals surface area contributed by atoms with Crippen LogP contribution in [0.5, 0.6) is 5.75 Å². The summed E-state index contributed by atoms with van der Waals surface area (Å²) >= 11 is 3.35. The van der Waals surface area contributed by atoms with Crippen LogP contribution >= 0.6 is 15.9 Å². The molecule has 3 aromatic carbocycles. The van der Waals surface area contributed by atoms with Gasteiger partial charge in [0.05, 0.1) is 16.3 Å². The van der Waals surface area contributed by atoms with E-state index >= 15 is 0 Å². The summed E-state index contributed by atoms with van der Waals surface area (Å²) in [5.74, 6) is 0.115. The van der Waals surface area contributed by atoms with Crippen LogP contribution in [0, 0.1) is 20.8 Å². The monoisotopic (exact) mass is 472 g/mol. The molecule has 0 fully saturated rings. The van der Waals surface area contributed by atoms with Gasteiger partial charge in [0.15, 0.2) is 0 Å². The Labute approximate surface area is 179 Å². The zero-order valence-corrected chi connectivity index (χ0v) is 18.7. The van der Waals surface area contributed by atoms with Gasteiger partial charge in [-0.25, -0.2) is 8.42 Å². The highest BCUT2D eigenvalue weighted by Crippen LogP contribution is 2.26. The Kier molecular flexibility index (Phi) is 6.10. The Bertz CT molecular complexity index is 1160. The van der Waals surface area contributed by atoms with E-state index in [9.17, 15) is 13.5 Å². The third kappa shape index (κ3) is 5.05. The molecule has 0 saturated carbocycles. The van der Waals surface area contributed by atoms with Gasteiger partial charge in [0.2, 0.25) is 0 Å². The van der Waals surface area contributed by atoms with Gasteiger partial charge in [-0.2, -0.15) is 0 Å². The fourth-order valence-electron chi connectivity index (χ4n) is 3.02. The van der Waals surface area contributed by atoms with Crippen molar-refractivity contribution in [2.24, 2.45) is 4.99 Å². The molecule has 0 radical (unpaired) electrons. The van der Waals surface area contributed by atoms with Gasteiger partial charge in [-0.05, 0) is 74.4 Å². The maximum atomic E-state index is 12.8. The molecule has 0 heterocycles. The predicted molar refractivity (Wildman–Crippen MR) is 121 cm³/mol. The van der Waals surface area contributed by atoms with Crippen molar-refractivity contribution >= 4 is 43.5 Å². The molecule has 0 aliphatic heterocycles. The lowest BCUT2D eigenvalue weighted by atomic mass is 10.1. The van der Waals surface area contributed by atoms with E-state index in [-0.39, 0.29) is 10.6 Å². The van der Waals surface area contributed by atoms with Crippen molar-refractivity contribution in [2.75, 3.05) is 4.72 Å². The molecular formula is C22H21BrN2O3S. The normalized spacial score (nSPS) is 11.7. The van der Waals surface area contributed by atoms with E-state index in [4.69, 9.17) is 0 Å². The first-order valence-electron chi connectivity index (χ1n) is 8.89. The number of rotatable bonds is 5. The van der Waals surface area contributed by atoms with Gasteiger partial charge in [-0.15, -0.1) is 0 Å². The average molecular weight is 473 g/mol. The van der Waals surface area contributed by atoms with E-state index in [1.54, 1.807) is 30.3 Å². The highest BCUT2D eigenvalue weighted by molar-refractivity contribution is 9.10. The summed E-state index contributed by atoms with van der Waals surface area (Å²) in [4.78, 5) is 4.46. The summed E-state index contributed by atoms with van der Waals surface area (Å²) in [5, 5.41) is 9.87. The third-order valence-electron chi connectivity index (χ3n) is 4.40. The molecule has 150 valence electrons. The molecule has 5 nitrogen and oxygen atoms in total. The van der Waals surface area contributed by atoms with Crippen LogP contribution in [0.1, 0.15) is 22.3 Å². The lowest BCUT2D eigenvalue weighted by molar-refractivity contribution is 0.474. The first-order valence-corrected chi connectivity index (χ1v) is 11.2. The van der Waals surface area contributed by atoms with Gasteiger partial charge in [0.25, 0.3) is 10.0 Å². The van der Waals surface area contributed by atoms with Crippen LogP contribution in [0.4, 0.5) is 11.4 Å². The summed E-state index contributed by atoms with van der Waals surface area (Å²) in [6.07, 6.45) is 1.53. The fraction of sp³-hybridized carbons (Fsp3) is 0.136. The molecule has 0 aliphatic rings. The van der Waals surface area contributed by atoms with E-state index in [0.29, 0.717) is 16.9 Å². The van der Waals surface area contributed by atoms with E-state index in [1.807, 2.05) is 32.9 Å². The second kappa shape index (κ2) is 8.39. The number of nitrogens with one attached hydrogen (secondary N) is 1. The van der Waals surface area contributed by atoms with E-state index in [1.165, 1.54) is 18.3 Å². The zero-order valence-electron chi connectivity index (χ0n) is 16.3. The minimum atomic E-state index is -3.72. The number of aryl methyl sites for hydroxylation is 3. The Morgan fingerprint density at radius 1 is 0.966 bits per heavy atom. The molecule has 0 amide bonds. The number of hydrogen-bond donors (Lipinski definition) is 2. The van der Waals surface area contributed by atoms with Gasteiger partial charge in [-0.1, -0.05) is 33.6 Å². The molecule has 0 atom stereocenters. The number of benzene rings is 3. The Morgan fingerprint density at radius 2 is 1.59 bits per heavy atom. The molecule has 3 rings (SSSR count). The molecule has 0 saturated heterocycles. The van der Waals surface area contributed by atoms with Gasteiger partial charge in [0.1, 0.15) is 5.75 Å². The quantitative estimate of drug-likeness (QED) is 0.472. The van der Waals surface area contributed by atoms with Gasteiger partial charge >= 0.3 is 0 Å². The summed E-state index contributed by atoms with van der Waals surface area (Å²) < 4.78 is 29.1. The average Bonchev–Trinajstić information content (AvgIpc) is 2.66. The second-order valence-corrected chi connectivity index (χ2v) is 9.43. The van der Waals surface area contributed by atoms with Gasteiger partial charge < -0.3 is 5.11 Å². The maximum absolute atomic E-state index is 12.8. The summed E-state index contributed by atoms with van der Waals surface area (Å²) in [7, 11) is -3.72. The van der Waals surface area contributed by atoms with Crippen LogP contribution in [0.15, 0.2) is 69.0 Å². The SMILES string of the molecule is Cc1cc(C)c(NS(=O)(=O)c2ccc(N=Cc3cc(Br)ccc3O)cc2)c(C)c1. The molecular weight excluding hydrogens is 452 g/mol. The third-order valence-corrected chi connectivity index (χ3v) is 6.26. The number of halogens is 1. The van der Waals surface area contributed by atoms with Crippen molar-refractivity contribution in [2.45, 2.75) is 25.7 Å². The van der Waals surface area contributed by atoms with Crippen LogP contribution in [0.2, 0.25) is 0 Å². The number of aliphatic imine (C=N–C) groups is 1. The lowest BCUT2D eigenvalue weighted by Crippen LogP contribution is -2.14. The number of phenolic OH excluding ortho intramolecular Hbond substituents is 1. The van der Waals surface area contributed by atoms with Crippen LogP contribution in [-0.4, -0.2) is 19.7 Å². The van der Waals surface area contributed by atoms with Crippen molar-refractivity contribution in [1.82, 2.24) is 0 Å². The number of aromatic hydroxyl groups is 1.